The number of hydrogen-bond donors (Lipinski definition) is 3. The van der Waals surface area contributed by atoms with Gasteiger partial charge in [-0.05, 0) is 56.7 Å². The van der Waals surface area contributed by atoms with E-state index in [4.69, 9.17) is 9.47 Å². The van der Waals surface area contributed by atoms with E-state index in [1.165, 1.54) is 25.6 Å². The van der Waals surface area contributed by atoms with Gasteiger partial charge in [0.1, 0.15) is 41.9 Å². The van der Waals surface area contributed by atoms with Gasteiger partial charge in [0.2, 0.25) is 5.91 Å². The quantitative estimate of drug-likeness (QED) is 0.391. The number of carbonyl (C=O) groups is 2. The number of halogens is 2. The number of aromatic amines is 1. The van der Waals surface area contributed by atoms with E-state index in [0.717, 1.165) is 12.8 Å². The molecule has 5 rings (SSSR count). The van der Waals surface area contributed by atoms with Gasteiger partial charge in [-0.15, -0.1) is 0 Å². The third-order valence-electron chi connectivity index (χ3n) is 7.10. The number of nitrogens with zero attached hydrogens (tertiary/aromatic N) is 2. The maximum atomic E-state index is 14.8. The first-order valence-electron chi connectivity index (χ1n) is 12.8. The summed E-state index contributed by atoms with van der Waals surface area (Å²) < 4.78 is 39.8. The molecule has 38 heavy (non-hydrogen) atoms. The third kappa shape index (κ3) is 5.62. The third-order valence-corrected chi connectivity index (χ3v) is 7.10. The first-order chi connectivity index (χ1) is 18.3. The smallest absolute Gasteiger partial charge is 0.255 e. The summed E-state index contributed by atoms with van der Waals surface area (Å²) in [7, 11) is 1.40. The zero-order chi connectivity index (χ0) is 26.8. The lowest BCUT2D eigenvalue weighted by Crippen LogP contribution is -2.50. The first-order valence-corrected chi connectivity index (χ1v) is 12.8. The maximum absolute atomic E-state index is 14.8. The van der Waals surface area contributed by atoms with E-state index in [-0.39, 0.29) is 24.8 Å². The summed E-state index contributed by atoms with van der Waals surface area (Å²) in [5.74, 6) is -0.155. The fourth-order valence-corrected chi connectivity index (χ4v) is 4.95. The van der Waals surface area contributed by atoms with Crippen LogP contribution in [0, 0.1) is 18.7 Å². The molecule has 0 aliphatic heterocycles. The van der Waals surface area contributed by atoms with Crippen molar-refractivity contribution >= 4 is 22.8 Å². The van der Waals surface area contributed by atoms with Crippen LogP contribution >= 0.6 is 0 Å². The minimum absolute atomic E-state index is 0.0797. The van der Waals surface area contributed by atoms with Crippen LogP contribution in [0.4, 0.5) is 8.78 Å². The summed E-state index contributed by atoms with van der Waals surface area (Å²) in [6.07, 6.45) is 3.26. The van der Waals surface area contributed by atoms with Crippen molar-refractivity contribution in [2.45, 2.75) is 57.3 Å². The predicted octanol–water partition coefficient (Wildman–Crippen LogP) is 3.61. The zero-order valence-electron chi connectivity index (χ0n) is 21.4. The Labute approximate surface area is 218 Å². The van der Waals surface area contributed by atoms with Crippen LogP contribution in [0.1, 0.15) is 48.2 Å². The fraction of sp³-hybridized carbons (Fsp3) is 0.481. The van der Waals surface area contributed by atoms with Crippen LogP contribution in [-0.4, -0.2) is 65.3 Å². The summed E-state index contributed by atoms with van der Waals surface area (Å²) in [5, 5.41) is 5.56. The van der Waals surface area contributed by atoms with E-state index < -0.39 is 24.1 Å². The molecule has 2 saturated carbocycles. The molecule has 2 heterocycles. The highest BCUT2D eigenvalue weighted by molar-refractivity contribution is 6.09. The molecule has 202 valence electrons. The molecular weight excluding hydrogens is 496 g/mol. The van der Waals surface area contributed by atoms with Gasteiger partial charge in [0, 0.05) is 30.8 Å². The minimum atomic E-state index is -1.30. The van der Waals surface area contributed by atoms with E-state index in [1.54, 1.807) is 13.0 Å². The molecule has 2 aliphatic rings. The van der Waals surface area contributed by atoms with Gasteiger partial charge in [-0.1, -0.05) is 0 Å². The molecule has 0 unspecified atom stereocenters. The lowest BCUT2D eigenvalue weighted by molar-refractivity contribution is -0.126. The molecule has 9 nitrogen and oxygen atoms in total. The van der Waals surface area contributed by atoms with Crippen molar-refractivity contribution < 1.29 is 27.8 Å². The summed E-state index contributed by atoms with van der Waals surface area (Å²) in [6, 6.07) is 3.29. The van der Waals surface area contributed by atoms with Crippen LogP contribution in [0.15, 0.2) is 24.5 Å². The standard InChI is InChI=1S/C27H31F2N5O4/c1-14-23(27(36)33-17-6-7-20(19(29)10-17)34-22(35)12-37-2)25-26(32-14)24(30-13-31-25)18-9-16(28)5-8-21(18)38-11-15-3-4-15/h5,8-9,13,15,17,19-20,32H,3-4,6-7,10-12H2,1-2H3,(H,33,36)(H,34,35)/t17-,19-,20-/m1/s1. The molecule has 0 bridgehead atoms. The van der Waals surface area contributed by atoms with Crippen molar-refractivity contribution in [1.29, 1.82) is 0 Å². The van der Waals surface area contributed by atoms with Gasteiger partial charge in [0.25, 0.3) is 5.91 Å². The maximum Gasteiger partial charge on any atom is 0.255 e. The Morgan fingerprint density at radius 2 is 1.97 bits per heavy atom. The fourth-order valence-electron chi connectivity index (χ4n) is 4.95. The lowest BCUT2D eigenvalue weighted by atomic mass is 9.89. The molecule has 2 aromatic heterocycles. The molecule has 11 heteroatoms. The van der Waals surface area contributed by atoms with Crippen molar-refractivity contribution in [1.82, 2.24) is 25.6 Å². The van der Waals surface area contributed by atoms with E-state index in [2.05, 4.69) is 25.6 Å². The van der Waals surface area contributed by atoms with E-state index in [0.29, 0.717) is 64.7 Å². The second-order valence-electron chi connectivity index (χ2n) is 10.1. The van der Waals surface area contributed by atoms with Gasteiger partial charge >= 0.3 is 0 Å². The highest BCUT2D eigenvalue weighted by Gasteiger charge is 2.33. The first kappa shape index (κ1) is 26.0. The van der Waals surface area contributed by atoms with Crippen molar-refractivity contribution in [2.24, 2.45) is 5.92 Å². The second kappa shape index (κ2) is 11.0. The molecule has 3 aromatic rings. The summed E-state index contributed by atoms with van der Waals surface area (Å²) in [4.78, 5) is 37.0. The van der Waals surface area contributed by atoms with E-state index >= 15 is 0 Å². The Balaban J connectivity index is 1.35. The molecule has 0 radical (unpaired) electrons. The molecule has 0 spiro atoms. The monoisotopic (exact) mass is 527 g/mol. The topological polar surface area (TPSA) is 118 Å². The number of hydrogen-bond acceptors (Lipinski definition) is 6. The molecular formula is C27H31F2N5O4. The van der Waals surface area contributed by atoms with Crippen molar-refractivity contribution in [3.8, 4) is 17.0 Å². The van der Waals surface area contributed by atoms with Gasteiger partial charge in [-0.2, -0.15) is 0 Å². The van der Waals surface area contributed by atoms with Gasteiger partial charge < -0.3 is 25.1 Å². The zero-order valence-corrected chi connectivity index (χ0v) is 21.4. The van der Waals surface area contributed by atoms with Crippen LogP contribution in [-0.2, 0) is 9.53 Å². The number of ether oxygens (including phenoxy) is 2. The Hall–Kier alpha value is -3.60. The number of methoxy groups -OCH3 is 1. The molecule has 3 atom stereocenters. The molecule has 3 N–H and O–H groups in total. The Kier molecular flexibility index (Phi) is 7.55. The number of nitrogens with one attached hydrogen (secondary N) is 3. The van der Waals surface area contributed by atoms with Gasteiger partial charge in [0.15, 0.2) is 0 Å². The normalized spacial score (nSPS) is 21.3. The predicted molar refractivity (Wildman–Crippen MR) is 136 cm³/mol. The van der Waals surface area contributed by atoms with E-state index in [1.807, 2.05) is 0 Å². The van der Waals surface area contributed by atoms with Crippen LogP contribution in [0.3, 0.4) is 0 Å². The number of aryl methyl sites for hydroxylation is 1. The van der Waals surface area contributed by atoms with Crippen molar-refractivity contribution in [3.63, 3.8) is 0 Å². The van der Waals surface area contributed by atoms with Gasteiger partial charge in [0.05, 0.1) is 23.7 Å². The summed E-state index contributed by atoms with van der Waals surface area (Å²) in [6.45, 7) is 2.17. The lowest BCUT2D eigenvalue weighted by Gasteiger charge is -2.32. The highest BCUT2D eigenvalue weighted by atomic mass is 19.1. The minimum Gasteiger partial charge on any atom is -0.493 e. The number of H-pyrrole nitrogens is 1. The summed E-state index contributed by atoms with van der Waals surface area (Å²) >= 11 is 0. The van der Waals surface area contributed by atoms with Crippen LogP contribution < -0.4 is 15.4 Å². The number of carbonyl (C=O) groups excluding carboxylic acids is 2. The Bertz CT molecular complexity index is 1340. The molecule has 2 fully saturated rings. The van der Waals surface area contributed by atoms with Crippen LogP contribution in [0.25, 0.3) is 22.3 Å². The van der Waals surface area contributed by atoms with E-state index in [9.17, 15) is 18.4 Å². The number of benzene rings is 1. The number of rotatable bonds is 9. The van der Waals surface area contributed by atoms with Crippen LogP contribution in [0.2, 0.25) is 0 Å². The van der Waals surface area contributed by atoms with Gasteiger partial charge in [-0.25, -0.2) is 18.7 Å². The van der Waals surface area contributed by atoms with Crippen molar-refractivity contribution in [2.75, 3.05) is 20.3 Å². The van der Waals surface area contributed by atoms with Crippen molar-refractivity contribution in [3.05, 3.63) is 41.6 Å². The highest BCUT2D eigenvalue weighted by Crippen LogP contribution is 2.37. The summed E-state index contributed by atoms with van der Waals surface area (Å²) in [5.41, 5.74) is 2.67. The second-order valence-corrected chi connectivity index (χ2v) is 10.1. The number of fused-ring (bicyclic) bond motifs is 1. The van der Waals surface area contributed by atoms with Crippen LogP contribution in [0.5, 0.6) is 5.75 Å². The average Bonchev–Trinajstić information content (AvgIpc) is 3.64. The molecule has 0 saturated heterocycles. The number of aromatic nitrogens is 3. The average molecular weight is 528 g/mol. The molecule has 2 aliphatic carbocycles. The van der Waals surface area contributed by atoms with Gasteiger partial charge in [-0.3, -0.25) is 9.59 Å². The molecule has 2 amide bonds. The Morgan fingerprint density at radius 3 is 2.71 bits per heavy atom. The largest absolute Gasteiger partial charge is 0.493 e. The molecule has 1 aromatic carbocycles. The number of amides is 2. The number of alkyl halides is 1. The Morgan fingerprint density at radius 1 is 1.16 bits per heavy atom. The SMILES string of the molecule is COCC(=O)N[C@@H]1CC[C@@H](NC(=O)c2c(C)[nH]c3c(-c4cc(F)ccc4OCC4CC4)ncnc23)C[C@H]1F.